The maximum Gasteiger partial charge on any atom is 0.262 e. The van der Waals surface area contributed by atoms with Crippen molar-refractivity contribution < 1.29 is 19.4 Å². The first kappa shape index (κ1) is 22.5. The predicted octanol–water partition coefficient (Wildman–Crippen LogP) is 3.61. The number of methoxy groups -OCH3 is 1. The summed E-state index contributed by atoms with van der Waals surface area (Å²) in [6, 6.07) is 8.51. The smallest absolute Gasteiger partial charge is 0.262 e. The van der Waals surface area contributed by atoms with Crippen molar-refractivity contribution >= 4 is 41.2 Å². The lowest BCUT2D eigenvalue weighted by molar-refractivity contribution is -0.123. The topological polar surface area (TPSA) is 100 Å². The van der Waals surface area contributed by atoms with Crippen LogP contribution < -0.4 is 15.5 Å². The summed E-state index contributed by atoms with van der Waals surface area (Å²) >= 11 is 11.9. The van der Waals surface area contributed by atoms with Crippen LogP contribution in [0.25, 0.3) is 0 Å². The van der Waals surface area contributed by atoms with Gasteiger partial charge < -0.3 is 15.2 Å². The number of hydrogen-bond acceptors (Lipinski definition) is 5. The second kappa shape index (κ2) is 10.1. The molecule has 1 unspecified atom stereocenters. The number of ether oxygens (including phenoxy) is 1. The monoisotopic (exact) mass is 437 g/mol. The third kappa shape index (κ3) is 6.10. The number of aromatic hydroxyl groups is 1. The molecule has 2 amide bonds. The van der Waals surface area contributed by atoms with E-state index in [9.17, 15) is 14.7 Å². The Morgan fingerprint density at radius 1 is 1.17 bits per heavy atom. The lowest BCUT2D eigenvalue weighted by atomic mass is 10.0. The van der Waals surface area contributed by atoms with Gasteiger partial charge in [-0.2, -0.15) is 5.10 Å². The van der Waals surface area contributed by atoms with Gasteiger partial charge in [0.15, 0.2) is 11.5 Å². The number of phenols is 1. The molecule has 0 heterocycles. The molecule has 0 radical (unpaired) electrons. The number of hydrogen-bond donors (Lipinski definition) is 3. The summed E-state index contributed by atoms with van der Waals surface area (Å²) in [7, 11) is 1.39. The number of amides is 2. The van der Waals surface area contributed by atoms with Crippen LogP contribution in [-0.2, 0) is 4.79 Å². The molecule has 0 bridgehead atoms. The Hall–Kier alpha value is -2.77. The molecule has 9 heteroatoms. The first-order valence-electron chi connectivity index (χ1n) is 8.68. The Bertz CT molecular complexity index is 932. The van der Waals surface area contributed by atoms with Crippen LogP contribution in [0.4, 0.5) is 0 Å². The molecule has 0 spiro atoms. The molecular formula is C20H21Cl2N3O4. The SMILES string of the molecule is COc1cc(Cl)cc(C=NNC(=O)C(NC(=O)c2cccc(Cl)c2)C(C)C)c1O. The number of carbonyl (C=O) groups excluding carboxylic acids is 2. The van der Waals surface area contributed by atoms with Crippen molar-refractivity contribution in [3.05, 3.63) is 57.6 Å². The van der Waals surface area contributed by atoms with Crippen molar-refractivity contribution in [2.75, 3.05) is 7.11 Å². The van der Waals surface area contributed by atoms with E-state index >= 15 is 0 Å². The van der Waals surface area contributed by atoms with Crippen LogP contribution in [0.2, 0.25) is 10.0 Å². The highest BCUT2D eigenvalue weighted by atomic mass is 35.5. The summed E-state index contributed by atoms with van der Waals surface area (Å²) in [6.45, 7) is 3.58. The number of phenolic OH excluding ortho intramolecular Hbond substituents is 1. The van der Waals surface area contributed by atoms with E-state index < -0.39 is 17.9 Å². The molecule has 2 aromatic rings. The zero-order chi connectivity index (χ0) is 21.6. The average Bonchev–Trinajstić information content (AvgIpc) is 2.67. The zero-order valence-electron chi connectivity index (χ0n) is 16.1. The average molecular weight is 438 g/mol. The fraction of sp³-hybridized carbons (Fsp3) is 0.250. The first-order chi connectivity index (χ1) is 13.7. The lowest BCUT2D eigenvalue weighted by Gasteiger charge is -2.20. The van der Waals surface area contributed by atoms with Crippen LogP contribution in [0.5, 0.6) is 11.5 Å². The highest BCUT2D eigenvalue weighted by Gasteiger charge is 2.24. The Labute approximate surface area is 178 Å². The number of carbonyl (C=O) groups is 2. The van der Waals surface area contributed by atoms with Gasteiger partial charge in [-0.3, -0.25) is 9.59 Å². The van der Waals surface area contributed by atoms with Gasteiger partial charge in [-0.15, -0.1) is 0 Å². The first-order valence-corrected chi connectivity index (χ1v) is 9.44. The van der Waals surface area contributed by atoms with E-state index in [1.807, 2.05) is 0 Å². The fourth-order valence-corrected chi connectivity index (χ4v) is 2.88. The van der Waals surface area contributed by atoms with E-state index in [2.05, 4.69) is 15.8 Å². The standard InChI is InChI=1S/C20H21Cl2N3O4/c1-11(2)17(24-19(27)12-5-4-6-14(21)7-12)20(28)25-23-10-13-8-15(22)9-16(29-3)18(13)26/h4-11,17,26H,1-3H3,(H,24,27)(H,25,28). The van der Waals surface area contributed by atoms with Crippen LogP contribution in [0.1, 0.15) is 29.8 Å². The summed E-state index contributed by atoms with van der Waals surface area (Å²) in [6.07, 6.45) is 1.23. The Kier molecular flexibility index (Phi) is 7.87. The highest BCUT2D eigenvalue weighted by Crippen LogP contribution is 2.32. The van der Waals surface area contributed by atoms with Gasteiger partial charge in [0, 0.05) is 27.2 Å². The second-order valence-electron chi connectivity index (χ2n) is 6.49. The van der Waals surface area contributed by atoms with Crippen LogP contribution in [0.3, 0.4) is 0 Å². The summed E-state index contributed by atoms with van der Waals surface area (Å²) in [5.41, 5.74) is 2.97. The Morgan fingerprint density at radius 2 is 1.90 bits per heavy atom. The van der Waals surface area contributed by atoms with Crippen molar-refractivity contribution in [3.63, 3.8) is 0 Å². The molecule has 7 nitrogen and oxygen atoms in total. The van der Waals surface area contributed by atoms with Gasteiger partial charge in [0.05, 0.1) is 13.3 Å². The third-order valence-corrected chi connectivity index (χ3v) is 4.44. The number of nitrogens with one attached hydrogen (secondary N) is 2. The van der Waals surface area contributed by atoms with E-state index in [0.717, 1.165) is 0 Å². The van der Waals surface area contributed by atoms with Crippen LogP contribution in [-0.4, -0.2) is 36.3 Å². The molecule has 0 saturated heterocycles. The summed E-state index contributed by atoms with van der Waals surface area (Å²) in [5, 5.41) is 17.4. The molecule has 0 aliphatic heterocycles. The van der Waals surface area contributed by atoms with Crippen LogP contribution >= 0.6 is 23.2 Å². The van der Waals surface area contributed by atoms with E-state index in [4.69, 9.17) is 27.9 Å². The Morgan fingerprint density at radius 3 is 2.52 bits per heavy atom. The molecule has 154 valence electrons. The molecule has 0 aliphatic rings. The van der Waals surface area contributed by atoms with E-state index in [1.54, 1.807) is 32.0 Å². The zero-order valence-corrected chi connectivity index (χ0v) is 17.6. The van der Waals surface area contributed by atoms with Crippen molar-refractivity contribution in [2.24, 2.45) is 11.0 Å². The van der Waals surface area contributed by atoms with Crippen molar-refractivity contribution in [1.29, 1.82) is 0 Å². The largest absolute Gasteiger partial charge is 0.504 e. The number of benzene rings is 2. The van der Waals surface area contributed by atoms with Gasteiger partial charge in [0.25, 0.3) is 11.8 Å². The molecule has 0 fully saturated rings. The van der Waals surface area contributed by atoms with Gasteiger partial charge in [0.1, 0.15) is 6.04 Å². The van der Waals surface area contributed by atoms with Gasteiger partial charge in [-0.25, -0.2) is 5.43 Å². The van der Waals surface area contributed by atoms with Crippen LogP contribution in [0.15, 0.2) is 41.5 Å². The van der Waals surface area contributed by atoms with Gasteiger partial charge >= 0.3 is 0 Å². The van der Waals surface area contributed by atoms with Gasteiger partial charge in [-0.05, 0) is 30.2 Å². The molecule has 0 aliphatic carbocycles. The molecule has 29 heavy (non-hydrogen) atoms. The minimum atomic E-state index is -0.832. The Balaban J connectivity index is 2.09. The van der Waals surface area contributed by atoms with E-state index in [1.165, 1.54) is 31.5 Å². The van der Waals surface area contributed by atoms with Gasteiger partial charge in [0.2, 0.25) is 0 Å². The minimum Gasteiger partial charge on any atom is -0.504 e. The molecule has 2 aromatic carbocycles. The van der Waals surface area contributed by atoms with E-state index in [0.29, 0.717) is 15.6 Å². The fourth-order valence-electron chi connectivity index (χ4n) is 2.47. The van der Waals surface area contributed by atoms with E-state index in [-0.39, 0.29) is 23.0 Å². The molecule has 2 rings (SSSR count). The maximum absolute atomic E-state index is 12.5. The van der Waals surface area contributed by atoms with Crippen molar-refractivity contribution in [3.8, 4) is 11.5 Å². The molecule has 3 N–H and O–H groups in total. The number of hydrazone groups is 1. The molecule has 1 atom stereocenters. The lowest BCUT2D eigenvalue weighted by Crippen LogP contribution is -2.48. The number of nitrogens with zero attached hydrogens (tertiary/aromatic N) is 1. The van der Waals surface area contributed by atoms with Gasteiger partial charge in [-0.1, -0.05) is 43.1 Å². The molecule has 0 aromatic heterocycles. The normalized spacial score (nSPS) is 12.1. The van der Waals surface area contributed by atoms with Crippen molar-refractivity contribution in [1.82, 2.24) is 10.7 Å². The number of halogens is 2. The predicted molar refractivity (Wildman–Crippen MR) is 113 cm³/mol. The summed E-state index contributed by atoms with van der Waals surface area (Å²) in [4.78, 5) is 24.9. The molecule has 0 saturated carbocycles. The summed E-state index contributed by atoms with van der Waals surface area (Å²) < 4.78 is 5.02. The maximum atomic E-state index is 12.5. The number of rotatable bonds is 7. The molecular weight excluding hydrogens is 417 g/mol. The quantitative estimate of drug-likeness (QED) is 0.454. The summed E-state index contributed by atoms with van der Waals surface area (Å²) in [5.74, 6) is -1.13. The third-order valence-electron chi connectivity index (χ3n) is 3.99. The van der Waals surface area contributed by atoms with Crippen LogP contribution in [0, 0.1) is 5.92 Å². The minimum absolute atomic E-state index is 0.162. The second-order valence-corrected chi connectivity index (χ2v) is 7.36. The van der Waals surface area contributed by atoms with Crippen molar-refractivity contribution in [2.45, 2.75) is 19.9 Å². The highest BCUT2D eigenvalue weighted by molar-refractivity contribution is 6.31.